The molecule has 0 saturated heterocycles. The number of hydrogen-bond acceptors (Lipinski definition) is 4. The van der Waals surface area contributed by atoms with Crippen molar-refractivity contribution in [1.29, 1.82) is 0 Å². The summed E-state index contributed by atoms with van der Waals surface area (Å²) in [6.07, 6.45) is 2.45. The molecule has 0 saturated carbocycles. The van der Waals surface area contributed by atoms with Gasteiger partial charge in [0.1, 0.15) is 5.76 Å². The van der Waals surface area contributed by atoms with Gasteiger partial charge >= 0.3 is 0 Å². The van der Waals surface area contributed by atoms with Crippen LogP contribution in [0.4, 0.5) is 0 Å². The van der Waals surface area contributed by atoms with Crippen molar-refractivity contribution in [2.45, 2.75) is 12.0 Å². The van der Waals surface area contributed by atoms with Gasteiger partial charge in [-0.05, 0) is 25.2 Å². The topological polar surface area (TPSA) is 49.5 Å². The highest BCUT2D eigenvalue weighted by Crippen LogP contribution is 2.36. The number of aromatic nitrogens is 1. The minimum atomic E-state index is -1.40. The smallest absolute Gasteiger partial charge is 0.235 e. The highest BCUT2D eigenvalue weighted by molar-refractivity contribution is 5.41. The van der Waals surface area contributed by atoms with Crippen LogP contribution in [0.3, 0.4) is 0 Å². The second-order valence-electron chi connectivity index (χ2n) is 6.13. The van der Waals surface area contributed by atoms with Crippen molar-refractivity contribution in [1.82, 2.24) is 9.88 Å². The number of benzene rings is 2. The Morgan fingerprint density at radius 2 is 1.50 bits per heavy atom. The molecule has 0 unspecified atom stereocenters. The molecule has 0 bridgehead atoms. The van der Waals surface area contributed by atoms with E-state index in [1.807, 2.05) is 74.8 Å². The first-order valence-electron chi connectivity index (χ1n) is 8.04. The van der Waals surface area contributed by atoms with Gasteiger partial charge in [0.2, 0.25) is 5.89 Å². The number of nitrogens with zero attached hydrogens (tertiary/aromatic N) is 2. The second-order valence-corrected chi connectivity index (χ2v) is 6.13. The van der Waals surface area contributed by atoms with E-state index in [2.05, 4.69) is 9.88 Å². The summed E-state index contributed by atoms with van der Waals surface area (Å²) in [6.45, 7) is 0.865. The van der Waals surface area contributed by atoms with Crippen LogP contribution in [0.25, 0.3) is 0 Å². The zero-order valence-electron chi connectivity index (χ0n) is 14.0. The Labute approximate surface area is 142 Å². The Kier molecular flexibility index (Phi) is 4.79. The standard InChI is InChI=1S/C20H22N2O2/c1-22(2)14-13-18-15-21-19(24-18)20(23,16-9-5-3-6-10-16)17-11-7-4-8-12-17/h3-12,15,23H,13-14H2,1-2H3. The van der Waals surface area contributed by atoms with E-state index in [1.165, 1.54) is 0 Å². The third-order valence-corrected chi connectivity index (χ3v) is 4.05. The second kappa shape index (κ2) is 6.99. The van der Waals surface area contributed by atoms with Gasteiger partial charge in [0.15, 0.2) is 5.60 Å². The Hall–Kier alpha value is -2.43. The summed E-state index contributed by atoms with van der Waals surface area (Å²) < 4.78 is 5.92. The molecule has 4 heteroatoms. The van der Waals surface area contributed by atoms with E-state index in [9.17, 15) is 5.11 Å². The first-order chi connectivity index (χ1) is 11.6. The molecule has 1 N–H and O–H groups in total. The van der Waals surface area contributed by atoms with Crippen molar-refractivity contribution < 1.29 is 9.52 Å². The molecule has 0 aliphatic rings. The number of hydrogen-bond donors (Lipinski definition) is 1. The molecule has 0 aliphatic carbocycles. The molecule has 0 radical (unpaired) electrons. The summed E-state index contributed by atoms with van der Waals surface area (Å²) in [7, 11) is 4.03. The molecule has 24 heavy (non-hydrogen) atoms. The van der Waals surface area contributed by atoms with E-state index < -0.39 is 5.60 Å². The molecule has 1 aromatic heterocycles. The van der Waals surface area contributed by atoms with Crippen LogP contribution >= 0.6 is 0 Å². The fraction of sp³-hybridized carbons (Fsp3) is 0.250. The van der Waals surface area contributed by atoms with Gasteiger partial charge in [-0.3, -0.25) is 0 Å². The molecule has 0 fully saturated rings. The Balaban J connectivity index is 2.03. The van der Waals surface area contributed by atoms with Crippen molar-refractivity contribution in [3.63, 3.8) is 0 Å². The van der Waals surface area contributed by atoms with Crippen LogP contribution in [0.5, 0.6) is 0 Å². The number of aliphatic hydroxyl groups is 1. The number of oxazole rings is 1. The lowest BCUT2D eigenvalue weighted by atomic mass is 9.86. The SMILES string of the molecule is CN(C)CCc1cnc(C(O)(c2ccccc2)c2ccccc2)o1. The maximum atomic E-state index is 11.5. The molecular formula is C20H22N2O2. The summed E-state index contributed by atoms with van der Waals surface area (Å²) in [4.78, 5) is 6.47. The molecule has 2 aromatic carbocycles. The van der Waals surface area contributed by atoms with Crippen LogP contribution in [0.2, 0.25) is 0 Å². The Morgan fingerprint density at radius 3 is 2.00 bits per heavy atom. The van der Waals surface area contributed by atoms with Crippen LogP contribution in [0, 0.1) is 0 Å². The van der Waals surface area contributed by atoms with Crippen molar-refractivity contribution in [3.8, 4) is 0 Å². The van der Waals surface area contributed by atoms with Gasteiger partial charge < -0.3 is 14.4 Å². The van der Waals surface area contributed by atoms with Crippen LogP contribution < -0.4 is 0 Å². The minimum absolute atomic E-state index is 0.300. The van der Waals surface area contributed by atoms with Gasteiger partial charge in [-0.1, -0.05) is 60.7 Å². The fourth-order valence-corrected chi connectivity index (χ4v) is 2.70. The Bertz CT molecular complexity index is 727. The lowest BCUT2D eigenvalue weighted by Gasteiger charge is -2.26. The predicted octanol–water partition coefficient (Wildman–Crippen LogP) is 3.06. The largest absolute Gasteiger partial charge is 0.442 e. The van der Waals surface area contributed by atoms with Gasteiger partial charge in [-0.15, -0.1) is 0 Å². The van der Waals surface area contributed by atoms with Crippen molar-refractivity contribution in [3.05, 3.63) is 89.6 Å². The lowest BCUT2D eigenvalue weighted by Crippen LogP contribution is -2.29. The first-order valence-corrected chi connectivity index (χ1v) is 8.04. The zero-order valence-corrected chi connectivity index (χ0v) is 14.0. The molecule has 3 rings (SSSR count). The van der Waals surface area contributed by atoms with E-state index in [0.717, 1.165) is 29.9 Å². The third-order valence-electron chi connectivity index (χ3n) is 4.05. The first kappa shape index (κ1) is 16.4. The quantitative estimate of drug-likeness (QED) is 0.758. The molecular weight excluding hydrogens is 300 g/mol. The normalized spacial score (nSPS) is 11.8. The summed E-state index contributed by atoms with van der Waals surface area (Å²) in [6, 6.07) is 19.0. The van der Waals surface area contributed by atoms with Gasteiger partial charge in [-0.25, -0.2) is 4.98 Å². The monoisotopic (exact) mass is 322 g/mol. The van der Waals surface area contributed by atoms with Crippen LogP contribution in [-0.4, -0.2) is 35.6 Å². The molecule has 3 aromatic rings. The van der Waals surface area contributed by atoms with E-state index in [-0.39, 0.29) is 0 Å². The van der Waals surface area contributed by atoms with E-state index in [4.69, 9.17) is 4.42 Å². The van der Waals surface area contributed by atoms with Gasteiger partial charge in [0, 0.05) is 13.0 Å². The Morgan fingerprint density at radius 1 is 0.958 bits per heavy atom. The van der Waals surface area contributed by atoms with Crippen LogP contribution in [0.1, 0.15) is 22.8 Å². The zero-order chi connectivity index (χ0) is 17.0. The molecule has 4 nitrogen and oxygen atoms in total. The lowest BCUT2D eigenvalue weighted by molar-refractivity contribution is 0.0912. The molecule has 124 valence electrons. The third kappa shape index (κ3) is 3.25. The van der Waals surface area contributed by atoms with Gasteiger partial charge in [0.05, 0.1) is 6.20 Å². The fourth-order valence-electron chi connectivity index (χ4n) is 2.70. The summed E-state index contributed by atoms with van der Waals surface area (Å²) in [5.41, 5.74) is 0.0632. The molecule has 0 spiro atoms. The summed E-state index contributed by atoms with van der Waals surface area (Å²) >= 11 is 0. The van der Waals surface area contributed by atoms with Crippen molar-refractivity contribution in [2.24, 2.45) is 0 Å². The molecule has 0 atom stereocenters. The summed E-state index contributed by atoms with van der Waals surface area (Å²) in [5.74, 6) is 1.07. The van der Waals surface area contributed by atoms with Gasteiger partial charge in [-0.2, -0.15) is 0 Å². The average molecular weight is 322 g/mol. The van der Waals surface area contributed by atoms with Crippen LogP contribution in [0.15, 0.2) is 71.3 Å². The number of rotatable bonds is 6. The maximum absolute atomic E-state index is 11.5. The minimum Gasteiger partial charge on any atom is -0.442 e. The van der Waals surface area contributed by atoms with E-state index in [0.29, 0.717) is 5.89 Å². The van der Waals surface area contributed by atoms with E-state index >= 15 is 0 Å². The van der Waals surface area contributed by atoms with Crippen LogP contribution in [-0.2, 0) is 12.0 Å². The molecule has 0 aliphatic heterocycles. The number of likely N-dealkylation sites (N-methyl/N-ethyl adjacent to an activating group) is 1. The van der Waals surface area contributed by atoms with Gasteiger partial charge in [0.25, 0.3) is 0 Å². The average Bonchev–Trinajstić information content (AvgIpc) is 3.10. The molecule has 1 heterocycles. The highest BCUT2D eigenvalue weighted by Gasteiger charge is 2.38. The highest BCUT2D eigenvalue weighted by atomic mass is 16.4. The van der Waals surface area contributed by atoms with Crippen molar-refractivity contribution >= 4 is 0 Å². The molecule has 0 amide bonds. The maximum Gasteiger partial charge on any atom is 0.235 e. The van der Waals surface area contributed by atoms with Crippen molar-refractivity contribution in [2.75, 3.05) is 20.6 Å². The van der Waals surface area contributed by atoms with E-state index in [1.54, 1.807) is 6.20 Å². The summed E-state index contributed by atoms with van der Waals surface area (Å²) in [5, 5.41) is 11.5. The predicted molar refractivity (Wildman–Crippen MR) is 93.7 cm³/mol.